The molecule has 1 aromatic rings. The van der Waals surface area contributed by atoms with E-state index in [1.165, 1.54) is 6.07 Å². The Morgan fingerprint density at radius 1 is 1.59 bits per heavy atom. The molecule has 2 atom stereocenters. The minimum absolute atomic E-state index is 0.114. The molecule has 0 radical (unpaired) electrons. The monoisotopic (exact) mass is 371 g/mol. The molecule has 1 N–H and O–H groups in total. The first kappa shape index (κ1) is 15.0. The van der Waals surface area contributed by atoms with Crippen LogP contribution in [0, 0.1) is 5.82 Å². The van der Waals surface area contributed by atoms with Crippen LogP contribution >= 0.6 is 21.2 Å². The smallest absolute Gasteiger partial charge is 0.274 e. The highest BCUT2D eigenvalue weighted by atomic mass is 127. The van der Waals surface area contributed by atoms with Crippen LogP contribution in [-0.4, -0.2) is 11.2 Å². The normalized spacial score (nSPS) is 14.4. The Kier molecular flexibility index (Phi) is 6.53. The largest absolute Gasteiger partial charge is 0.590 e. The van der Waals surface area contributed by atoms with E-state index in [2.05, 4.69) is 4.72 Å². The van der Waals surface area contributed by atoms with Gasteiger partial charge in [0.2, 0.25) is 0 Å². The molecule has 0 aliphatic carbocycles. The molecule has 0 amide bonds. The first-order chi connectivity index (χ1) is 8.04. The summed E-state index contributed by atoms with van der Waals surface area (Å²) in [5.74, 6) is -0.123. The number of ether oxygens (including phenoxy) is 1. The van der Waals surface area contributed by atoms with E-state index in [1.54, 1.807) is 33.3 Å². The number of nitrogens with one attached hydrogen (secondary N) is 1. The highest BCUT2D eigenvalue weighted by Gasteiger charge is 2.14. The van der Waals surface area contributed by atoms with Gasteiger partial charge in [-0.15, -0.1) is 4.72 Å². The highest BCUT2D eigenvalue weighted by molar-refractivity contribution is 14.2. The van der Waals surface area contributed by atoms with Crippen LogP contribution in [-0.2, 0) is 8.53 Å². The third kappa shape index (κ3) is 4.99. The van der Waals surface area contributed by atoms with Gasteiger partial charge in [-0.3, -0.25) is 0 Å². The first-order valence-electron chi connectivity index (χ1n) is 5.31. The van der Waals surface area contributed by atoms with Crippen molar-refractivity contribution in [3.8, 4) is 5.75 Å². The van der Waals surface area contributed by atoms with Crippen LogP contribution in [0.15, 0.2) is 18.2 Å². The van der Waals surface area contributed by atoms with Gasteiger partial charge in [0, 0.05) is 0 Å². The number of rotatable bonds is 6. The van der Waals surface area contributed by atoms with Gasteiger partial charge >= 0.3 is 0 Å². The summed E-state index contributed by atoms with van der Waals surface area (Å²) in [6.07, 6.45) is 0.829. The molecule has 0 heterocycles. The van der Waals surface area contributed by atoms with Crippen molar-refractivity contribution >= 4 is 29.7 Å². The van der Waals surface area contributed by atoms with Crippen molar-refractivity contribution in [2.75, 3.05) is 6.61 Å². The summed E-state index contributed by atoms with van der Waals surface area (Å²) in [5, 5.41) is 0. The van der Waals surface area contributed by atoms with Crippen molar-refractivity contribution < 1.29 is 13.7 Å². The number of hydrogen-bond donors (Lipinski definition) is 1. The maximum absolute atomic E-state index is 13.4. The second-order valence-electron chi connectivity index (χ2n) is 3.60. The maximum atomic E-state index is 13.4. The van der Waals surface area contributed by atoms with Gasteiger partial charge in [0.05, 0.1) is 12.6 Å². The van der Waals surface area contributed by atoms with Crippen molar-refractivity contribution in [2.24, 2.45) is 0 Å². The second kappa shape index (κ2) is 7.40. The summed E-state index contributed by atoms with van der Waals surface area (Å²) in [6, 6.07) is 4.56. The Hall–Kier alpha value is -0.0500. The van der Waals surface area contributed by atoms with Crippen LogP contribution in [0.1, 0.15) is 31.9 Å². The summed E-state index contributed by atoms with van der Waals surface area (Å²) in [4.78, 5) is 0. The minimum Gasteiger partial charge on any atom is -0.590 e. The van der Waals surface area contributed by atoms with Crippen LogP contribution < -0.4 is 9.46 Å². The molecule has 1 aromatic carbocycles. The first-order valence-corrected chi connectivity index (χ1v) is 9.00. The summed E-state index contributed by atoms with van der Waals surface area (Å²) < 4.78 is 32.6. The van der Waals surface area contributed by atoms with E-state index in [4.69, 9.17) is 4.74 Å². The Morgan fingerprint density at radius 2 is 2.29 bits per heavy atom. The lowest BCUT2D eigenvalue weighted by molar-refractivity contribution is 0.300. The maximum Gasteiger partial charge on any atom is 0.274 e. The zero-order chi connectivity index (χ0) is 12.8. The fourth-order valence-corrected chi connectivity index (χ4v) is 2.88. The van der Waals surface area contributed by atoms with Gasteiger partial charge in [-0.05, 0) is 31.0 Å². The summed E-state index contributed by atoms with van der Waals surface area (Å²) >= 11 is 1.78. The van der Waals surface area contributed by atoms with E-state index in [0.29, 0.717) is 6.61 Å². The molecule has 0 saturated carbocycles. The fourth-order valence-electron chi connectivity index (χ4n) is 1.32. The predicted molar refractivity (Wildman–Crippen MR) is 75.9 cm³/mol. The molecule has 0 aromatic heterocycles. The molecule has 1 rings (SSSR count). The van der Waals surface area contributed by atoms with Crippen molar-refractivity contribution in [3.63, 3.8) is 0 Å². The lowest BCUT2D eigenvalue weighted by Crippen LogP contribution is -2.21. The molecule has 2 unspecified atom stereocenters. The number of hydrogen-bond acceptors (Lipinski definition) is 3. The predicted octanol–water partition coefficient (Wildman–Crippen LogP) is 3.28. The van der Waals surface area contributed by atoms with Crippen LogP contribution in [0.2, 0.25) is 0 Å². The fraction of sp³-hybridized carbons (Fsp3) is 0.455. The standard InChI is InChI=1S/C11H15FINO2S/c1-3-6-16-11-7-9(4-5-10(11)12)8(2)14-17(13)15/h4-5,7-8,14H,3,6H2,1-2H3. The van der Waals surface area contributed by atoms with Crippen LogP contribution in [0.5, 0.6) is 5.75 Å². The zero-order valence-corrected chi connectivity index (χ0v) is 12.7. The van der Waals surface area contributed by atoms with Crippen molar-refractivity contribution in [2.45, 2.75) is 26.3 Å². The summed E-state index contributed by atoms with van der Waals surface area (Å²) in [6.45, 7) is 4.32. The third-order valence-corrected chi connectivity index (χ3v) is 3.49. The van der Waals surface area contributed by atoms with Gasteiger partial charge in [-0.1, -0.05) is 13.0 Å². The SMILES string of the molecule is CCCOc1cc(C(C)N[S+]([O-])I)ccc1F. The van der Waals surface area contributed by atoms with E-state index in [-0.39, 0.29) is 17.6 Å². The molecule has 3 nitrogen and oxygen atoms in total. The highest BCUT2D eigenvalue weighted by Crippen LogP contribution is 2.23. The molecule has 0 bridgehead atoms. The van der Waals surface area contributed by atoms with Gasteiger partial charge in [0.15, 0.2) is 11.6 Å². The lowest BCUT2D eigenvalue weighted by Gasteiger charge is -2.14. The van der Waals surface area contributed by atoms with E-state index in [0.717, 1.165) is 12.0 Å². The third-order valence-electron chi connectivity index (χ3n) is 2.19. The molecule has 96 valence electrons. The van der Waals surface area contributed by atoms with Gasteiger partial charge in [0.1, 0.15) is 8.53 Å². The molecular formula is C11H15FINO2S. The van der Waals surface area contributed by atoms with Gasteiger partial charge < -0.3 is 9.29 Å². The quantitative estimate of drug-likeness (QED) is 0.617. The number of halogens is 2. The molecule has 0 spiro atoms. The van der Waals surface area contributed by atoms with Crippen molar-refractivity contribution in [3.05, 3.63) is 29.6 Å². The lowest BCUT2D eigenvalue weighted by atomic mass is 10.1. The number of benzene rings is 1. The summed E-state index contributed by atoms with van der Waals surface area (Å²) in [5.41, 5.74) is 0.850. The average Bonchev–Trinajstić information content (AvgIpc) is 2.27. The molecule has 0 aliphatic rings. The van der Waals surface area contributed by atoms with Crippen molar-refractivity contribution in [1.82, 2.24) is 4.72 Å². The molecule has 0 saturated heterocycles. The summed E-state index contributed by atoms with van der Waals surface area (Å²) in [7, 11) is -1.13. The van der Waals surface area contributed by atoms with Gasteiger partial charge in [-0.25, -0.2) is 4.39 Å². The Morgan fingerprint density at radius 3 is 2.88 bits per heavy atom. The molecule has 0 fully saturated rings. The average molecular weight is 371 g/mol. The van der Waals surface area contributed by atoms with Crippen LogP contribution in [0.4, 0.5) is 4.39 Å². The zero-order valence-electron chi connectivity index (χ0n) is 9.70. The van der Waals surface area contributed by atoms with Gasteiger partial charge in [-0.2, -0.15) is 0 Å². The van der Waals surface area contributed by atoms with Gasteiger partial charge in [0.25, 0.3) is 21.2 Å². The van der Waals surface area contributed by atoms with E-state index in [1.807, 2.05) is 13.8 Å². The molecule has 17 heavy (non-hydrogen) atoms. The van der Waals surface area contributed by atoms with E-state index in [9.17, 15) is 8.94 Å². The Labute approximate surface area is 116 Å². The second-order valence-corrected chi connectivity index (χ2v) is 6.68. The van der Waals surface area contributed by atoms with Crippen molar-refractivity contribution in [1.29, 1.82) is 0 Å². The molecule has 6 heteroatoms. The molecule has 0 aliphatic heterocycles. The van der Waals surface area contributed by atoms with E-state index >= 15 is 0 Å². The van der Waals surface area contributed by atoms with Crippen LogP contribution in [0.3, 0.4) is 0 Å². The Bertz CT molecular complexity index is 365. The Balaban J connectivity index is 2.80. The molecular weight excluding hydrogens is 356 g/mol. The van der Waals surface area contributed by atoms with Crippen LogP contribution in [0.25, 0.3) is 0 Å². The minimum atomic E-state index is -1.13. The topological polar surface area (TPSA) is 44.3 Å². The van der Waals surface area contributed by atoms with E-state index < -0.39 is 8.53 Å².